The van der Waals surface area contributed by atoms with Gasteiger partial charge in [-0.15, -0.1) is 0 Å². The highest BCUT2D eigenvalue weighted by molar-refractivity contribution is 6.48. The molecule has 2 aromatic rings. The lowest BCUT2D eigenvalue weighted by molar-refractivity contribution is -0.0286. The minimum atomic E-state index is -0.848. The van der Waals surface area contributed by atoms with Gasteiger partial charge in [0.05, 0.1) is 18.4 Å². The van der Waals surface area contributed by atoms with E-state index in [1.165, 1.54) is 0 Å². The van der Waals surface area contributed by atoms with Crippen molar-refractivity contribution < 1.29 is 19.0 Å². The quantitative estimate of drug-likeness (QED) is 0.855. The first kappa shape index (κ1) is 16.0. The van der Waals surface area contributed by atoms with Gasteiger partial charge in [-0.2, -0.15) is 5.10 Å². The fourth-order valence-electron chi connectivity index (χ4n) is 2.40. The predicted octanol–water partition coefficient (Wildman–Crippen LogP) is 3.10. The minimum absolute atomic E-state index is 0.168. The van der Waals surface area contributed by atoms with Gasteiger partial charge in [0.2, 0.25) is 12.1 Å². The SMILES string of the molecule is CCOC1Oc2ccccc2C(=O)C1=NNc1ccccc1OC. The number of rotatable bonds is 5. The van der Waals surface area contributed by atoms with E-state index in [4.69, 9.17) is 14.2 Å². The second-order valence-corrected chi connectivity index (χ2v) is 5.04. The van der Waals surface area contributed by atoms with E-state index >= 15 is 0 Å². The van der Waals surface area contributed by atoms with E-state index in [2.05, 4.69) is 10.5 Å². The Morgan fingerprint density at radius 1 is 1.17 bits per heavy atom. The van der Waals surface area contributed by atoms with Crippen LogP contribution in [0.2, 0.25) is 0 Å². The first-order valence-corrected chi connectivity index (χ1v) is 7.63. The van der Waals surface area contributed by atoms with E-state index < -0.39 is 6.29 Å². The van der Waals surface area contributed by atoms with Crippen LogP contribution in [0.1, 0.15) is 17.3 Å². The van der Waals surface area contributed by atoms with E-state index in [-0.39, 0.29) is 11.5 Å². The number of anilines is 1. The van der Waals surface area contributed by atoms with Gasteiger partial charge in [0, 0.05) is 6.61 Å². The van der Waals surface area contributed by atoms with E-state index in [1.807, 2.05) is 25.1 Å². The molecule has 3 rings (SSSR count). The van der Waals surface area contributed by atoms with Crippen LogP contribution in [-0.2, 0) is 4.74 Å². The predicted molar refractivity (Wildman–Crippen MR) is 90.9 cm³/mol. The third-order valence-corrected chi connectivity index (χ3v) is 3.54. The number of benzene rings is 2. The van der Waals surface area contributed by atoms with Gasteiger partial charge in [-0.05, 0) is 31.2 Å². The summed E-state index contributed by atoms with van der Waals surface area (Å²) >= 11 is 0. The minimum Gasteiger partial charge on any atom is -0.495 e. The average Bonchev–Trinajstić information content (AvgIpc) is 2.62. The molecule has 0 spiro atoms. The molecule has 1 N–H and O–H groups in total. The Morgan fingerprint density at radius 3 is 2.71 bits per heavy atom. The highest BCUT2D eigenvalue weighted by Gasteiger charge is 2.34. The smallest absolute Gasteiger partial charge is 0.249 e. The monoisotopic (exact) mass is 326 g/mol. The first-order chi connectivity index (χ1) is 11.7. The van der Waals surface area contributed by atoms with Gasteiger partial charge in [0.1, 0.15) is 11.5 Å². The number of carbonyl (C=O) groups excluding carboxylic acids is 1. The van der Waals surface area contributed by atoms with Crippen LogP contribution in [-0.4, -0.2) is 31.5 Å². The molecule has 0 aromatic heterocycles. The highest BCUT2D eigenvalue weighted by atomic mass is 16.7. The Labute approximate surface area is 140 Å². The molecule has 1 atom stereocenters. The molecule has 0 amide bonds. The number of carbonyl (C=O) groups is 1. The zero-order chi connectivity index (χ0) is 16.9. The van der Waals surface area contributed by atoms with Crippen molar-refractivity contribution in [3.05, 3.63) is 54.1 Å². The molecule has 124 valence electrons. The number of hydrogen-bond acceptors (Lipinski definition) is 6. The molecule has 0 saturated carbocycles. The average molecular weight is 326 g/mol. The number of hydrazone groups is 1. The summed E-state index contributed by atoms with van der Waals surface area (Å²) < 4.78 is 16.5. The molecule has 6 heteroatoms. The lowest BCUT2D eigenvalue weighted by Crippen LogP contribution is -2.40. The summed E-state index contributed by atoms with van der Waals surface area (Å²) in [5.74, 6) is 0.897. The van der Waals surface area contributed by atoms with Gasteiger partial charge in [-0.3, -0.25) is 10.2 Å². The van der Waals surface area contributed by atoms with E-state index in [9.17, 15) is 4.79 Å². The number of ketones is 1. The topological polar surface area (TPSA) is 69.2 Å². The number of ether oxygens (including phenoxy) is 3. The van der Waals surface area contributed by atoms with Crippen LogP contribution in [0.15, 0.2) is 53.6 Å². The second-order valence-electron chi connectivity index (χ2n) is 5.04. The number of fused-ring (bicyclic) bond motifs is 1. The summed E-state index contributed by atoms with van der Waals surface area (Å²) in [6.45, 7) is 2.23. The molecule has 24 heavy (non-hydrogen) atoms. The molecule has 1 aliphatic rings. The molecule has 2 aromatic carbocycles. The second kappa shape index (κ2) is 7.14. The molecule has 1 heterocycles. The summed E-state index contributed by atoms with van der Waals surface area (Å²) in [4.78, 5) is 12.7. The Morgan fingerprint density at radius 2 is 1.92 bits per heavy atom. The van der Waals surface area contributed by atoms with E-state index in [1.54, 1.807) is 37.4 Å². The zero-order valence-corrected chi connectivity index (χ0v) is 13.5. The molecule has 0 radical (unpaired) electrons. The molecule has 6 nitrogen and oxygen atoms in total. The van der Waals surface area contributed by atoms with E-state index in [0.29, 0.717) is 29.4 Å². The molecular formula is C18H18N2O4. The van der Waals surface area contributed by atoms with Gasteiger partial charge in [0.15, 0.2) is 5.71 Å². The Balaban J connectivity index is 1.93. The fourth-order valence-corrected chi connectivity index (χ4v) is 2.40. The maximum Gasteiger partial charge on any atom is 0.249 e. The lowest BCUT2D eigenvalue weighted by Gasteiger charge is -2.26. The molecule has 0 fully saturated rings. The van der Waals surface area contributed by atoms with Crippen LogP contribution < -0.4 is 14.9 Å². The first-order valence-electron chi connectivity index (χ1n) is 7.63. The zero-order valence-electron chi connectivity index (χ0n) is 13.5. The summed E-state index contributed by atoms with van der Waals surface area (Å²) in [6.07, 6.45) is -0.848. The van der Waals surface area contributed by atoms with Gasteiger partial charge in [-0.1, -0.05) is 24.3 Å². The van der Waals surface area contributed by atoms with Gasteiger partial charge < -0.3 is 14.2 Å². The number of hydrogen-bond donors (Lipinski definition) is 1. The highest BCUT2D eigenvalue weighted by Crippen LogP contribution is 2.28. The van der Waals surface area contributed by atoms with Gasteiger partial charge in [-0.25, -0.2) is 0 Å². The third kappa shape index (κ3) is 3.09. The number of Topliss-reactive ketones (excluding diaryl/α,β-unsaturated/α-hetero) is 1. The largest absolute Gasteiger partial charge is 0.495 e. The lowest BCUT2D eigenvalue weighted by atomic mass is 10.0. The van der Waals surface area contributed by atoms with Crippen LogP contribution in [0.4, 0.5) is 5.69 Å². The number of nitrogens with zero attached hydrogens (tertiary/aromatic N) is 1. The maximum absolute atomic E-state index is 12.7. The van der Waals surface area contributed by atoms with Crippen molar-refractivity contribution in [2.24, 2.45) is 5.10 Å². The van der Waals surface area contributed by atoms with E-state index in [0.717, 1.165) is 0 Å². The van der Waals surface area contributed by atoms with Crippen LogP contribution >= 0.6 is 0 Å². The van der Waals surface area contributed by atoms with Crippen LogP contribution in [0, 0.1) is 0 Å². The Bertz CT molecular complexity index is 773. The van der Waals surface area contributed by atoms with Crippen molar-refractivity contribution in [3.8, 4) is 11.5 Å². The van der Waals surface area contributed by atoms with Crippen molar-refractivity contribution >= 4 is 17.2 Å². The summed E-state index contributed by atoms with van der Waals surface area (Å²) in [7, 11) is 1.57. The van der Waals surface area contributed by atoms with Crippen molar-refractivity contribution in [2.75, 3.05) is 19.1 Å². The number of para-hydroxylation sites is 3. The molecule has 0 bridgehead atoms. The van der Waals surface area contributed by atoms with Crippen molar-refractivity contribution in [1.29, 1.82) is 0 Å². The molecule has 0 aliphatic carbocycles. The molecule has 1 unspecified atom stereocenters. The molecular weight excluding hydrogens is 308 g/mol. The Kier molecular flexibility index (Phi) is 4.77. The summed E-state index contributed by atoms with van der Waals surface area (Å²) in [6, 6.07) is 14.3. The standard InChI is InChI=1S/C18H18N2O4/c1-3-23-18-16(17(21)12-8-4-6-10-14(12)24-18)20-19-13-9-5-7-11-15(13)22-2/h4-11,18-19H,3H2,1-2H3. The van der Waals surface area contributed by atoms with Crippen LogP contribution in [0.5, 0.6) is 11.5 Å². The van der Waals surface area contributed by atoms with Crippen LogP contribution in [0.25, 0.3) is 0 Å². The normalized spacial score (nSPS) is 18.0. The van der Waals surface area contributed by atoms with Crippen LogP contribution in [0.3, 0.4) is 0 Å². The molecule has 1 aliphatic heterocycles. The number of methoxy groups -OCH3 is 1. The van der Waals surface area contributed by atoms with Gasteiger partial charge >= 0.3 is 0 Å². The maximum atomic E-state index is 12.7. The fraction of sp³-hybridized carbons (Fsp3) is 0.222. The molecule has 0 saturated heterocycles. The summed E-state index contributed by atoms with van der Waals surface area (Å²) in [5, 5.41) is 4.23. The Hall–Kier alpha value is -2.86. The van der Waals surface area contributed by atoms with Gasteiger partial charge in [0.25, 0.3) is 0 Å². The third-order valence-electron chi connectivity index (χ3n) is 3.54. The van der Waals surface area contributed by atoms with Crippen molar-refractivity contribution in [1.82, 2.24) is 0 Å². The summed E-state index contributed by atoms with van der Waals surface area (Å²) in [5.41, 5.74) is 4.15. The number of nitrogens with one attached hydrogen (secondary N) is 1. The van der Waals surface area contributed by atoms with Crippen molar-refractivity contribution in [2.45, 2.75) is 13.2 Å². The van der Waals surface area contributed by atoms with Crippen molar-refractivity contribution in [3.63, 3.8) is 0 Å².